The van der Waals surface area contributed by atoms with E-state index in [-0.39, 0.29) is 17.3 Å². The van der Waals surface area contributed by atoms with Crippen molar-refractivity contribution in [2.24, 2.45) is 0 Å². The van der Waals surface area contributed by atoms with Gasteiger partial charge < -0.3 is 5.32 Å². The van der Waals surface area contributed by atoms with E-state index >= 15 is 0 Å². The van der Waals surface area contributed by atoms with Crippen molar-refractivity contribution < 1.29 is 9.18 Å². The number of carbonyl (C=O) groups excluding carboxylic acids is 1. The van der Waals surface area contributed by atoms with Gasteiger partial charge in [-0.05, 0) is 53.6 Å². The largest absolute Gasteiger partial charge is 0.323 e. The summed E-state index contributed by atoms with van der Waals surface area (Å²) < 4.78 is 15.3. The highest BCUT2D eigenvalue weighted by Gasteiger charge is 2.15. The SMILES string of the molecule is Cc1cccc(C)c1-n1nnnc1SCC(=O)Nc1cc(Cl)ccc1F. The normalized spacial score (nSPS) is 10.8. The number of hydrogen-bond donors (Lipinski definition) is 1. The van der Waals surface area contributed by atoms with Gasteiger partial charge in [-0.25, -0.2) is 4.39 Å². The number of hydrogen-bond acceptors (Lipinski definition) is 5. The van der Waals surface area contributed by atoms with E-state index in [2.05, 4.69) is 20.8 Å². The molecule has 1 aromatic heterocycles. The predicted octanol–water partition coefficient (Wildman–Crippen LogP) is 3.80. The summed E-state index contributed by atoms with van der Waals surface area (Å²) >= 11 is 6.99. The van der Waals surface area contributed by atoms with Crippen molar-refractivity contribution in [3.63, 3.8) is 0 Å². The van der Waals surface area contributed by atoms with Crippen LogP contribution < -0.4 is 5.32 Å². The van der Waals surface area contributed by atoms with Gasteiger partial charge >= 0.3 is 0 Å². The van der Waals surface area contributed by atoms with Crippen LogP contribution in [0.1, 0.15) is 11.1 Å². The Bertz CT molecular complexity index is 942. The van der Waals surface area contributed by atoms with Crippen LogP contribution in [0, 0.1) is 19.7 Å². The molecule has 0 unspecified atom stereocenters. The zero-order valence-corrected chi connectivity index (χ0v) is 15.6. The van der Waals surface area contributed by atoms with Crippen LogP contribution in [-0.4, -0.2) is 31.9 Å². The third-order valence-corrected chi connectivity index (χ3v) is 4.78. The van der Waals surface area contributed by atoms with Gasteiger partial charge in [-0.1, -0.05) is 41.6 Å². The Hall–Kier alpha value is -2.45. The molecule has 1 N–H and O–H groups in total. The molecular formula is C17H15ClFN5OS. The molecule has 3 rings (SSSR count). The molecule has 26 heavy (non-hydrogen) atoms. The molecule has 0 aliphatic carbocycles. The number of benzene rings is 2. The molecule has 0 bridgehead atoms. The number of aryl methyl sites for hydroxylation is 2. The van der Waals surface area contributed by atoms with E-state index in [1.165, 1.54) is 18.2 Å². The summed E-state index contributed by atoms with van der Waals surface area (Å²) in [5, 5.41) is 15.0. The third kappa shape index (κ3) is 4.03. The van der Waals surface area contributed by atoms with Crippen LogP contribution in [0.5, 0.6) is 0 Å². The standard InChI is InChI=1S/C17H15ClFN5OS/c1-10-4-3-5-11(2)16(10)24-17(21-22-23-24)26-9-15(25)20-14-8-12(18)6-7-13(14)19/h3-8H,9H2,1-2H3,(H,20,25). The van der Waals surface area contributed by atoms with Crippen molar-refractivity contribution in [2.75, 3.05) is 11.1 Å². The Balaban J connectivity index is 1.72. The van der Waals surface area contributed by atoms with E-state index in [9.17, 15) is 9.18 Å². The number of amides is 1. The lowest BCUT2D eigenvalue weighted by Gasteiger charge is -2.10. The Morgan fingerprint density at radius 3 is 2.73 bits per heavy atom. The lowest BCUT2D eigenvalue weighted by Crippen LogP contribution is -2.15. The van der Waals surface area contributed by atoms with Gasteiger partial charge in [0.1, 0.15) is 5.82 Å². The first-order valence-electron chi connectivity index (χ1n) is 7.68. The second-order valence-electron chi connectivity index (χ2n) is 5.57. The third-order valence-electron chi connectivity index (χ3n) is 3.63. The zero-order chi connectivity index (χ0) is 18.7. The van der Waals surface area contributed by atoms with E-state index in [1.54, 1.807) is 4.68 Å². The maximum atomic E-state index is 13.7. The maximum Gasteiger partial charge on any atom is 0.234 e. The van der Waals surface area contributed by atoms with Gasteiger partial charge in [0, 0.05) is 5.02 Å². The quantitative estimate of drug-likeness (QED) is 0.669. The maximum absolute atomic E-state index is 13.7. The highest BCUT2D eigenvalue weighted by molar-refractivity contribution is 7.99. The molecule has 1 amide bonds. The molecule has 0 saturated heterocycles. The monoisotopic (exact) mass is 391 g/mol. The summed E-state index contributed by atoms with van der Waals surface area (Å²) in [6, 6.07) is 9.87. The second-order valence-corrected chi connectivity index (χ2v) is 6.95. The summed E-state index contributed by atoms with van der Waals surface area (Å²) in [6.07, 6.45) is 0. The number of rotatable bonds is 5. The van der Waals surface area contributed by atoms with Gasteiger partial charge in [-0.15, -0.1) is 5.10 Å². The Labute approximate surface area is 158 Å². The van der Waals surface area contributed by atoms with Crippen LogP contribution >= 0.6 is 23.4 Å². The summed E-state index contributed by atoms with van der Waals surface area (Å²) in [7, 11) is 0. The highest BCUT2D eigenvalue weighted by atomic mass is 35.5. The Morgan fingerprint density at radius 1 is 1.27 bits per heavy atom. The first-order chi connectivity index (χ1) is 12.5. The van der Waals surface area contributed by atoms with Gasteiger partial charge in [0.15, 0.2) is 0 Å². The average Bonchev–Trinajstić information content (AvgIpc) is 3.04. The number of nitrogens with zero attached hydrogens (tertiary/aromatic N) is 4. The van der Waals surface area contributed by atoms with Crippen LogP contribution in [0.3, 0.4) is 0 Å². The number of halogens is 2. The molecule has 2 aromatic carbocycles. The molecule has 0 spiro atoms. The number of tetrazole rings is 1. The molecule has 0 saturated carbocycles. The van der Waals surface area contributed by atoms with Gasteiger partial charge in [-0.2, -0.15) is 4.68 Å². The molecule has 0 atom stereocenters. The molecule has 1 heterocycles. The van der Waals surface area contributed by atoms with Crippen molar-refractivity contribution in [1.29, 1.82) is 0 Å². The first kappa shape index (κ1) is 18.3. The minimum atomic E-state index is -0.548. The molecule has 0 radical (unpaired) electrons. The fourth-order valence-corrected chi connectivity index (χ4v) is 3.31. The molecular weight excluding hydrogens is 377 g/mol. The van der Waals surface area contributed by atoms with Crippen molar-refractivity contribution in [3.8, 4) is 5.69 Å². The van der Waals surface area contributed by atoms with E-state index in [0.29, 0.717) is 10.2 Å². The molecule has 0 aliphatic heterocycles. The van der Waals surface area contributed by atoms with E-state index < -0.39 is 5.82 Å². The lowest BCUT2D eigenvalue weighted by molar-refractivity contribution is -0.113. The predicted molar refractivity (Wildman–Crippen MR) is 99.4 cm³/mol. The number of thioether (sulfide) groups is 1. The molecule has 134 valence electrons. The molecule has 0 fully saturated rings. The first-order valence-corrected chi connectivity index (χ1v) is 9.04. The van der Waals surface area contributed by atoms with Crippen molar-refractivity contribution in [1.82, 2.24) is 20.2 Å². The van der Waals surface area contributed by atoms with Crippen molar-refractivity contribution >= 4 is 35.0 Å². The van der Waals surface area contributed by atoms with Crippen LogP contribution in [-0.2, 0) is 4.79 Å². The number of nitrogens with one attached hydrogen (secondary N) is 1. The summed E-state index contributed by atoms with van der Waals surface area (Å²) in [5.41, 5.74) is 2.95. The van der Waals surface area contributed by atoms with Crippen LogP contribution in [0.2, 0.25) is 5.02 Å². The van der Waals surface area contributed by atoms with Crippen LogP contribution in [0.15, 0.2) is 41.6 Å². The van der Waals surface area contributed by atoms with Crippen LogP contribution in [0.25, 0.3) is 5.69 Å². The molecule has 6 nitrogen and oxygen atoms in total. The Morgan fingerprint density at radius 2 is 2.00 bits per heavy atom. The van der Waals surface area contributed by atoms with Gasteiger partial charge in [-0.3, -0.25) is 4.79 Å². The highest BCUT2D eigenvalue weighted by Crippen LogP contribution is 2.24. The summed E-state index contributed by atoms with van der Waals surface area (Å²) in [6.45, 7) is 3.93. The van der Waals surface area contributed by atoms with E-state index in [0.717, 1.165) is 28.6 Å². The molecule has 3 aromatic rings. The number of anilines is 1. The molecule has 0 aliphatic rings. The molecule has 9 heteroatoms. The topological polar surface area (TPSA) is 72.7 Å². The van der Waals surface area contributed by atoms with Gasteiger partial charge in [0.05, 0.1) is 17.1 Å². The van der Waals surface area contributed by atoms with Crippen molar-refractivity contribution in [2.45, 2.75) is 19.0 Å². The number of aromatic nitrogens is 4. The van der Waals surface area contributed by atoms with Gasteiger partial charge in [0.2, 0.25) is 11.1 Å². The number of carbonyl (C=O) groups is 1. The van der Waals surface area contributed by atoms with Crippen LogP contribution in [0.4, 0.5) is 10.1 Å². The minimum Gasteiger partial charge on any atom is -0.323 e. The average molecular weight is 392 g/mol. The summed E-state index contributed by atoms with van der Waals surface area (Å²) in [5.74, 6) is -0.905. The summed E-state index contributed by atoms with van der Waals surface area (Å²) in [4.78, 5) is 12.1. The Kier molecular flexibility index (Phi) is 5.53. The second kappa shape index (κ2) is 7.84. The zero-order valence-electron chi connectivity index (χ0n) is 14.0. The number of para-hydroxylation sites is 1. The smallest absolute Gasteiger partial charge is 0.234 e. The van der Waals surface area contributed by atoms with E-state index in [4.69, 9.17) is 11.6 Å². The minimum absolute atomic E-state index is 0.0251. The fourth-order valence-electron chi connectivity index (χ4n) is 2.46. The van der Waals surface area contributed by atoms with Gasteiger partial charge in [0.25, 0.3) is 0 Å². The van der Waals surface area contributed by atoms with Crippen molar-refractivity contribution in [3.05, 3.63) is 58.4 Å². The van der Waals surface area contributed by atoms with E-state index in [1.807, 2.05) is 32.0 Å². The fraction of sp³-hybridized carbons (Fsp3) is 0.176. The lowest BCUT2D eigenvalue weighted by atomic mass is 10.1.